The standard InChI is InChI=1S/C13H17F3N2.C11H22.C7H14/c1-2-17-6-8-18(9-7-17)12-5-3-4-11(10-12)13(14,15)16;1-6-7-10(2)8-9-11(3,4)5;1-7-5-3-2-4-6-7/h3-5,10H,2,6-9H2,1H3;7H,6,8-9H2,1-5H3;7H,2-6H2,1H3/b;10-7-;. The van der Waals surface area contributed by atoms with Crippen LogP contribution >= 0.6 is 0 Å². The van der Waals surface area contributed by atoms with Gasteiger partial charge in [-0.05, 0) is 62.3 Å². The van der Waals surface area contributed by atoms with E-state index in [1.807, 2.05) is 4.90 Å². The Morgan fingerprint density at radius 2 is 1.58 bits per heavy atom. The molecule has 36 heavy (non-hydrogen) atoms. The second-order valence-corrected chi connectivity index (χ2v) is 11.7. The van der Waals surface area contributed by atoms with E-state index in [9.17, 15) is 13.2 Å². The third-order valence-electron chi connectivity index (χ3n) is 7.07. The summed E-state index contributed by atoms with van der Waals surface area (Å²) >= 11 is 0. The second kappa shape index (κ2) is 16.4. The van der Waals surface area contributed by atoms with E-state index in [-0.39, 0.29) is 0 Å². The van der Waals surface area contributed by atoms with Crippen molar-refractivity contribution in [2.45, 2.75) is 106 Å². The molecule has 1 aliphatic heterocycles. The molecule has 1 saturated carbocycles. The first-order chi connectivity index (χ1) is 16.9. The zero-order valence-electron chi connectivity index (χ0n) is 24.2. The van der Waals surface area contributed by atoms with Crippen molar-refractivity contribution in [2.24, 2.45) is 11.3 Å². The number of nitrogens with zero attached hydrogens (tertiary/aromatic N) is 2. The molecular formula is C31H53F3N2. The van der Waals surface area contributed by atoms with E-state index in [2.05, 4.69) is 59.4 Å². The molecule has 1 aromatic carbocycles. The molecule has 0 spiro atoms. The fraction of sp³-hybridized carbons (Fsp3) is 0.742. The molecule has 0 bridgehead atoms. The summed E-state index contributed by atoms with van der Waals surface area (Å²) in [5.41, 5.74) is 2.13. The number of hydrogen-bond acceptors (Lipinski definition) is 2. The van der Waals surface area contributed by atoms with E-state index in [0.29, 0.717) is 11.1 Å². The number of hydrogen-bond donors (Lipinski definition) is 0. The van der Waals surface area contributed by atoms with Gasteiger partial charge in [0.1, 0.15) is 0 Å². The van der Waals surface area contributed by atoms with Crippen LogP contribution in [0.15, 0.2) is 35.9 Å². The highest BCUT2D eigenvalue weighted by atomic mass is 19.4. The first kappa shape index (κ1) is 32.5. The number of halogens is 3. The average molecular weight is 511 g/mol. The Labute approximate surface area is 220 Å². The summed E-state index contributed by atoms with van der Waals surface area (Å²) in [5.74, 6) is 1.04. The fourth-order valence-corrected chi connectivity index (χ4v) is 4.53. The molecule has 1 saturated heterocycles. The summed E-state index contributed by atoms with van der Waals surface area (Å²) in [6.45, 7) is 20.2. The molecule has 0 atom stereocenters. The van der Waals surface area contributed by atoms with E-state index >= 15 is 0 Å². The zero-order valence-corrected chi connectivity index (χ0v) is 24.2. The van der Waals surface area contributed by atoms with Gasteiger partial charge in [-0.1, -0.05) is 91.4 Å². The van der Waals surface area contributed by atoms with Gasteiger partial charge in [-0.25, -0.2) is 0 Å². The van der Waals surface area contributed by atoms with Crippen molar-refractivity contribution in [3.05, 3.63) is 41.5 Å². The number of alkyl halides is 3. The maximum absolute atomic E-state index is 12.6. The highest BCUT2D eigenvalue weighted by Gasteiger charge is 2.31. The van der Waals surface area contributed by atoms with E-state index in [1.165, 1.54) is 63.5 Å². The van der Waals surface area contributed by atoms with Crippen LogP contribution in [0.5, 0.6) is 0 Å². The Balaban J connectivity index is 0.000000305. The molecule has 0 N–H and O–H groups in total. The third kappa shape index (κ3) is 14.3. The maximum atomic E-state index is 12.6. The van der Waals surface area contributed by atoms with Crippen LogP contribution in [0.4, 0.5) is 18.9 Å². The van der Waals surface area contributed by atoms with E-state index in [4.69, 9.17) is 0 Å². The lowest BCUT2D eigenvalue weighted by atomic mass is 9.89. The summed E-state index contributed by atoms with van der Waals surface area (Å²) in [6, 6.07) is 5.58. The second-order valence-electron chi connectivity index (χ2n) is 11.7. The lowest BCUT2D eigenvalue weighted by Crippen LogP contribution is -2.46. The van der Waals surface area contributed by atoms with E-state index in [1.54, 1.807) is 11.6 Å². The van der Waals surface area contributed by atoms with Crippen LogP contribution in [0, 0.1) is 11.3 Å². The average Bonchev–Trinajstić information content (AvgIpc) is 2.83. The Morgan fingerprint density at radius 1 is 0.972 bits per heavy atom. The predicted octanol–water partition coefficient (Wildman–Crippen LogP) is 9.60. The molecule has 1 aliphatic carbocycles. The van der Waals surface area contributed by atoms with Crippen LogP contribution < -0.4 is 4.90 Å². The number of rotatable bonds is 5. The quantitative estimate of drug-likeness (QED) is 0.364. The van der Waals surface area contributed by atoms with Crippen molar-refractivity contribution in [2.75, 3.05) is 37.6 Å². The third-order valence-corrected chi connectivity index (χ3v) is 7.07. The molecule has 0 radical (unpaired) electrons. The molecule has 3 rings (SSSR count). The Bertz CT molecular complexity index is 735. The summed E-state index contributed by atoms with van der Waals surface area (Å²) in [7, 11) is 0. The van der Waals surface area contributed by atoms with Crippen molar-refractivity contribution in [1.82, 2.24) is 4.90 Å². The summed E-state index contributed by atoms with van der Waals surface area (Å²) in [5, 5.41) is 0. The summed E-state index contributed by atoms with van der Waals surface area (Å²) in [6.07, 6.45) is 9.24. The van der Waals surface area contributed by atoms with E-state index in [0.717, 1.165) is 44.7 Å². The molecule has 1 aromatic rings. The largest absolute Gasteiger partial charge is 0.416 e. The SMILES string of the molecule is CC/C=C(/C)CCC(C)(C)C.CC1CCCCC1.CCN1CCN(c2cccc(C(F)(F)F)c2)CC1. The molecule has 0 aromatic heterocycles. The van der Waals surface area contributed by atoms with Gasteiger partial charge in [0.25, 0.3) is 0 Å². The van der Waals surface area contributed by atoms with Gasteiger partial charge in [0.2, 0.25) is 0 Å². The van der Waals surface area contributed by atoms with Crippen LogP contribution in [0.3, 0.4) is 0 Å². The molecule has 0 unspecified atom stereocenters. The fourth-order valence-electron chi connectivity index (χ4n) is 4.53. The van der Waals surface area contributed by atoms with Crippen LogP contribution in [0.1, 0.15) is 105 Å². The Kier molecular flexibility index (Phi) is 14.8. The van der Waals surface area contributed by atoms with Gasteiger partial charge >= 0.3 is 6.18 Å². The molecular weight excluding hydrogens is 457 g/mol. The molecule has 2 fully saturated rings. The van der Waals surface area contributed by atoms with Crippen molar-refractivity contribution < 1.29 is 13.2 Å². The molecule has 208 valence electrons. The van der Waals surface area contributed by atoms with Crippen LogP contribution in [0.25, 0.3) is 0 Å². The van der Waals surface area contributed by atoms with Gasteiger partial charge in [0.05, 0.1) is 5.56 Å². The number of allylic oxidation sites excluding steroid dienone is 2. The first-order valence-electron chi connectivity index (χ1n) is 14.2. The zero-order chi connectivity index (χ0) is 27.2. The molecule has 0 amide bonds. The van der Waals surface area contributed by atoms with Crippen LogP contribution in [0.2, 0.25) is 0 Å². The molecule has 5 heteroatoms. The van der Waals surface area contributed by atoms with Crippen molar-refractivity contribution in [3.63, 3.8) is 0 Å². The number of anilines is 1. The van der Waals surface area contributed by atoms with Gasteiger partial charge in [0, 0.05) is 31.9 Å². The van der Waals surface area contributed by atoms with Crippen molar-refractivity contribution in [3.8, 4) is 0 Å². The smallest absolute Gasteiger partial charge is 0.369 e. The molecule has 1 heterocycles. The highest BCUT2D eigenvalue weighted by Crippen LogP contribution is 2.32. The van der Waals surface area contributed by atoms with Crippen LogP contribution in [-0.2, 0) is 6.18 Å². The molecule has 2 nitrogen and oxygen atoms in total. The van der Waals surface area contributed by atoms with Crippen molar-refractivity contribution in [1.29, 1.82) is 0 Å². The summed E-state index contributed by atoms with van der Waals surface area (Å²) < 4.78 is 37.9. The highest BCUT2D eigenvalue weighted by molar-refractivity contribution is 5.49. The summed E-state index contributed by atoms with van der Waals surface area (Å²) in [4.78, 5) is 4.31. The topological polar surface area (TPSA) is 6.48 Å². The number of likely N-dealkylation sites (N-methyl/N-ethyl adjacent to an activating group) is 1. The van der Waals surface area contributed by atoms with Gasteiger partial charge in [-0.3, -0.25) is 0 Å². The molecule has 2 aliphatic rings. The van der Waals surface area contributed by atoms with Crippen molar-refractivity contribution >= 4 is 5.69 Å². The lowest BCUT2D eigenvalue weighted by molar-refractivity contribution is -0.137. The van der Waals surface area contributed by atoms with Crippen LogP contribution in [-0.4, -0.2) is 37.6 Å². The number of benzene rings is 1. The van der Waals surface area contributed by atoms with Gasteiger partial charge in [-0.2, -0.15) is 13.2 Å². The lowest BCUT2D eigenvalue weighted by Gasteiger charge is -2.35. The number of piperazine rings is 1. The predicted molar refractivity (Wildman–Crippen MR) is 151 cm³/mol. The van der Waals surface area contributed by atoms with Gasteiger partial charge < -0.3 is 9.80 Å². The Morgan fingerprint density at radius 3 is 2.03 bits per heavy atom. The normalized spacial score (nSPS) is 18.2. The monoisotopic (exact) mass is 510 g/mol. The minimum atomic E-state index is -4.26. The first-order valence-corrected chi connectivity index (χ1v) is 14.2. The minimum Gasteiger partial charge on any atom is -0.369 e. The van der Waals surface area contributed by atoms with E-state index < -0.39 is 11.7 Å². The van der Waals surface area contributed by atoms with Gasteiger partial charge in [0.15, 0.2) is 0 Å². The van der Waals surface area contributed by atoms with Gasteiger partial charge in [-0.15, -0.1) is 0 Å². The maximum Gasteiger partial charge on any atom is 0.416 e. The minimum absolute atomic E-state index is 0.489. The Hall–Kier alpha value is -1.49.